The SMILES string of the molecule is NCCCC[C@H](NC(=O)Nc1ccc(NCc2ccc(F)cc2)cc1)C(=O)O. The first kappa shape index (κ1) is 21.2. The average molecular weight is 388 g/mol. The lowest BCUT2D eigenvalue weighted by molar-refractivity contribution is -0.139. The van der Waals surface area contributed by atoms with Crippen LogP contribution in [0.2, 0.25) is 0 Å². The molecule has 0 unspecified atom stereocenters. The van der Waals surface area contributed by atoms with Gasteiger partial charge in [0.2, 0.25) is 0 Å². The molecule has 2 amide bonds. The number of halogens is 1. The van der Waals surface area contributed by atoms with Crippen molar-refractivity contribution in [2.75, 3.05) is 17.2 Å². The largest absolute Gasteiger partial charge is 0.480 e. The molecule has 0 saturated carbocycles. The van der Waals surface area contributed by atoms with Crippen molar-refractivity contribution in [1.29, 1.82) is 0 Å². The van der Waals surface area contributed by atoms with Crippen molar-refractivity contribution in [3.8, 4) is 0 Å². The van der Waals surface area contributed by atoms with E-state index in [2.05, 4.69) is 16.0 Å². The van der Waals surface area contributed by atoms with E-state index >= 15 is 0 Å². The van der Waals surface area contributed by atoms with Gasteiger partial charge in [-0.3, -0.25) is 0 Å². The molecule has 2 aromatic rings. The number of anilines is 2. The number of nitrogens with two attached hydrogens (primary N) is 1. The number of amides is 2. The minimum Gasteiger partial charge on any atom is -0.480 e. The summed E-state index contributed by atoms with van der Waals surface area (Å²) in [6.45, 7) is 1.02. The van der Waals surface area contributed by atoms with Gasteiger partial charge in [0.05, 0.1) is 0 Å². The molecule has 0 aliphatic heterocycles. The molecular formula is C20H25FN4O3. The molecule has 6 N–H and O–H groups in total. The minimum atomic E-state index is -1.08. The van der Waals surface area contributed by atoms with E-state index in [1.165, 1.54) is 12.1 Å². The number of carboxylic acids is 1. The highest BCUT2D eigenvalue weighted by Crippen LogP contribution is 2.15. The standard InChI is InChI=1S/C20H25FN4O3/c21-15-6-4-14(5-7-15)13-23-16-8-10-17(11-9-16)24-20(28)25-18(19(26)27)3-1-2-12-22/h4-11,18,23H,1-3,12-13,22H2,(H,26,27)(H2,24,25,28)/t18-/m0/s1. The van der Waals surface area contributed by atoms with Crippen LogP contribution >= 0.6 is 0 Å². The van der Waals surface area contributed by atoms with Crippen LogP contribution in [-0.2, 0) is 11.3 Å². The maximum atomic E-state index is 12.9. The van der Waals surface area contributed by atoms with Gasteiger partial charge in [0.1, 0.15) is 11.9 Å². The molecule has 0 fully saturated rings. The molecule has 28 heavy (non-hydrogen) atoms. The zero-order valence-corrected chi connectivity index (χ0v) is 15.5. The molecule has 0 heterocycles. The maximum absolute atomic E-state index is 12.9. The van der Waals surface area contributed by atoms with Crippen molar-refractivity contribution in [3.05, 3.63) is 59.9 Å². The van der Waals surface area contributed by atoms with Gasteiger partial charge in [-0.05, 0) is 67.8 Å². The van der Waals surface area contributed by atoms with Gasteiger partial charge >= 0.3 is 12.0 Å². The van der Waals surface area contributed by atoms with Gasteiger partial charge in [-0.2, -0.15) is 0 Å². The van der Waals surface area contributed by atoms with Gasteiger partial charge in [-0.1, -0.05) is 12.1 Å². The van der Waals surface area contributed by atoms with E-state index in [-0.39, 0.29) is 5.82 Å². The maximum Gasteiger partial charge on any atom is 0.326 e. The van der Waals surface area contributed by atoms with Gasteiger partial charge in [0, 0.05) is 17.9 Å². The summed E-state index contributed by atoms with van der Waals surface area (Å²) >= 11 is 0. The number of nitrogens with one attached hydrogen (secondary N) is 3. The third-order valence-corrected chi connectivity index (χ3v) is 4.10. The average Bonchev–Trinajstić information content (AvgIpc) is 2.68. The zero-order valence-electron chi connectivity index (χ0n) is 15.5. The summed E-state index contributed by atoms with van der Waals surface area (Å²) in [5, 5.41) is 17.5. The van der Waals surface area contributed by atoms with Crippen LogP contribution < -0.4 is 21.7 Å². The Hall–Kier alpha value is -3.13. The first-order valence-electron chi connectivity index (χ1n) is 9.06. The third-order valence-electron chi connectivity index (χ3n) is 4.10. The highest BCUT2D eigenvalue weighted by molar-refractivity contribution is 5.92. The van der Waals surface area contributed by atoms with E-state index in [1.807, 2.05) is 0 Å². The van der Waals surface area contributed by atoms with Crippen molar-refractivity contribution in [1.82, 2.24) is 5.32 Å². The van der Waals surface area contributed by atoms with Gasteiger partial charge in [0.25, 0.3) is 0 Å². The van der Waals surface area contributed by atoms with E-state index in [4.69, 9.17) is 5.73 Å². The smallest absolute Gasteiger partial charge is 0.326 e. The van der Waals surface area contributed by atoms with Crippen LogP contribution in [0, 0.1) is 5.82 Å². The number of carbonyl (C=O) groups excluding carboxylic acids is 1. The van der Waals surface area contributed by atoms with Crippen molar-refractivity contribution in [2.24, 2.45) is 5.73 Å². The third kappa shape index (κ3) is 7.24. The summed E-state index contributed by atoms with van der Waals surface area (Å²) in [4.78, 5) is 23.3. The molecular weight excluding hydrogens is 363 g/mol. The number of hydrogen-bond acceptors (Lipinski definition) is 4. The lowest BCUT2D eigenvalue weighted by Crippen LogP contribution is -2.43. The number of carboxylic acid groups (broad SMARTS) is 1. The minimum absolute atomic E-state index is 0.276. The van der Waals surface area contributed by atoms with Crippen LogP contribution in [-0.4, -0.2) is 29.7 Å². The van der Waals surface area contributed by atoms with Gasteiger partial charge in [-0.15, -0.1) is 0 Å². The van der Waals surface area contributed by atoms with Crippen molar-refractivity contribution >= 4 is 23.4 Å². The van der Waals surface area contributed by atoms with Crippen molar-refractivity contribution < 1.29 is 19.1 Å². The molecule has 1 atom stereocenters. The Labute approximate surface area is 163 Å². The highest BCUT2D eigenvalue weighted by atomic mass is 19.1. The number of benzene rings is 2. The number of unbranched alkanes of at least 4 members (excludes halogenated alkanes) is 1. The Bertz CT molecular complexity index is 766. The summed E-state index contributed by atoms with van der Waals surface area (Å²) in [5.41, 5.74) is 7.71. The van der Waals surface area contributed by atoms with E-state index in [9.17, 15) is 19.1 Å². The molecule has 0 radical (unpaired) electrons. The number of urea groups is 1. The molecule has 2 aromatic carbocycles. The topological polar surface area (TPSA) is 116 Å². The molecule has 0 aliphatic rings. The second-order valence-corrected chi connectivity index (χ2v) is 6.33. The predicted molar refractivity (Wildman–Crippen MR) is 107 cm³/mol. The second kappa shape index (κ2) is 10.9. The van der Waals surface area contributed by atoms with E-state index in [0.717, 1.165) is 11.3 Å². The van der Waals surface area contributed by atoms with Crippen LogP contribution in [0.4, 0.5) is 20.6 Å². The highest BCUT2D eigenvalue weighted by Gasteiger charge is 2.19. The fraction of sp³-hybridized carbons (Fsp3) is 0.300. The molecule has 150 valence electrons. The van der Waals surface area contributed by atoms with Gasteiger partial charge in [-0.25, -0.2) is 14.0 Å². The monoisotopic (exact) mass is 388 g/mol. The van der Waals surface area contributed by atoms with Crippen LogP contribution in [0.1, 0.15) is 24.8 Å². The second-order valence-electron chi connectivity index (χ2n) is 6.33. The summed E-state index contributed by atoms with van der Waals surface area (Å²) in [5.74, 6) is -1.35. The molecule has 8 heteroatoms. The first-order chi connectivity index (χ1) is 13.5. The van der Waals surface area contributed by atoms with E-state index in [1.54, 1.807) is 36.4 Å². The van der Waals surface area contributed by atoms with Crippen molar-refractivity contribution in [3.63, 3.8) is 0 Å². The Morgan fingerprint density at radius 2 is 1.64 bits per heavy atom. The first-order valence-corrected chi connectivity index (χ1v) is 9.06. The number of hydrogen-bond donors (Lipinski definition) is 5. The Morgan fingerprint density at radius 1 is 1.00 bits per heavy atom. The van der Waals surface area contributed by atoms with Crippen LogP contribution in [0.25, 0.3) is 0 Å². The van der Waals surface area contributed by atoms with Crippen LogP contribution in [0.5, 0.6) is 0 Å². The molecule has 7 nitrogen and oxygen atoms in total. The van der Waals surface area contributed by atoms with Gasteiger partial charge in [0.15, 0.2) is 0 Å². The molecule has 0 spiro atoms. The summed E-state index contributed by atoms with van der Waals surface area (Å²) in [6, 6.07) is 11.7. The van der Waals surface area contributed by atoms with Crippen molar-refractivity contribution in [2.45, 2.75) is 31.8 Å². The Morgan fingerprint density at radius 3 is 2.25 bits per heavy atom. The summed E-state index contributed by atoms with van der Waals surface area (Å²) < 4.78 is 12.9. The summed E-state index contributed by atoms with van der Waals surface area (Å²) in [6.07, 6.45) is 1.66. The van der Waals surface area contributed by atoms with Crippen LogP contribution in [0.15, 0.2) is 48.5 Å². The fourth-order valence-electron chi connectivity index (χ4n) is 2.55. The van der Waals surface area contributed by atoms with E-state index in [0.29, 0.717) is 38.0 Å². The van der Waals surface area contributed by atoms with Gasteiger partial charge < -0.3 is 26.8 Å². The molecule has 0 saturated heterocycles. The predicted octanol–water partition coefficient (Wildman–Crippen LogP) is 3.14. The fourth-order valence-corrected chi connectivity index (χ4v) is 2.55. The number of carbonyl (C=O) groups is 2. The number of aliphatic carboxylic acids is 1. The lowest BCUT2D eigenvalue weighted by Gasteiger charge is -2.15. The Kier molecular flexibility index (Phi) is 8.23. The molecule has 0 aliphatic carbocycles. The molecule has 0 aromatic heterocycles. The van der Waals surface area contributed by atoms with Crippen LogP contribution in [0.3, 0.4) is 0 Å². The normalized spacial score (nSPS) is 11.5. The zero-order chi connectivity index (χ0) is 20.4. The molecule has 2 rings (SSSR count). The quantitative estimate of drug-likeness (QED) is 0.401. The van der Waals surface area contributed by atoms with E-state index < -0.39 is 18.0 Å². The summed E-state index contributed by atoms with van der Waals surface area (Å²) in [7, 11) is 0. The number of rotatable bonds is 10. The Balaban J connectivity index is 1.82. The molecule has 0 bridgehead atoms. The lowest BCUT2D eigenvalue weighted by atomic mass is 10.1.